The smallest absolute Gasteiger partial charge is 0.118 e. The fraction of sp³-hybridized carbons (Fsp3) is 0.562. The lowest BCUT2D eigenvalue weighted by Crippen LogP contribution is -2.09. The summed E-state index contributed by atoms with van der Waals surface area (Å²) >= 11 is 0. The molecule has 1 unspecified atom stereocenters. The molecule has 1 atom stereocenters. The highest BCUT2D eigenvalue weighted by Crippen LogP contribution is 2.28. The third-order valence-corrected chi connectivity index (χ3v) is 3.49. The van der Waals surface area contributed by atoms with Gasteiger partial charge in [0.05, 0.1) is 12.9 Å². The van der Waals surface area contributed by atoms with Gasteiger partial charge < -0.3 is 10.5 Å². The molecule has 0 aliphatic heterocycles. The predicted octanol–water partition coefficient (Wildman–Crippen LogP) is 4.08. The summed E-state index contributed by atoms with van der Waals surface area (Å²) in [5.74, 6) is 1.77. The van der Waals surface area contributed by atoms with Crippen LogP contribution in [0.3, 0.4) is 0 Å². The summed E-state index contributed by atoms with van der Waals surface area (Å²) in [6.07, 6.45) is 6.48. The van der Waals surface area contributed by atoms with Gasteiger partial charge in [0, 0.05) is 6.42 Å². The van der Waals surface area contributed by atoms with Crippen molar-refractivity contribution in [2.45, 2.75) is 51.4 Å². The molecule has 0 amide bonds. The van der Waals surface area contributed by atoms with Gasteiger partial charge in [-0.2, -0.15) is 0 Å². The van der Waals surface area contributed by atoms with Gasteiger partial charge in [-0.3, -0.25) is 5.41 Å². The normalized spacial score (nSPS) is 12.1. The van der Waals surface area contributed by atoms with Crippen molar-refractivity contribution >= 4 is 5.84 Å². The second-order valence-corrected chi connectivity index (χ2v) is 5.03. The van der Waals surface area contributed by atoms with E-state index < -0.39 is 0 Å². The Bertz CT molecular complexity index is 373. The number of benzene rings is 1. The van der Waals surface area contributed by atoms with Gasteiger partial charge in [0.1, 0.15) is 5.75 Å². The van der Waals surface area contributed by atoms with Gasteiger partial charge in [0.15, 0.2) is 0 Å². The van der Waals surface area contributed by atoms with E-state index in [1.807, 2.05) is 12.1 Å². The van der Waals surface area contributed by atoms with Crippen LogP contribution in [0.5, 0.6) is 5.75 Å². The van der Waals surface area contributed by atoms with Crippen molar-refractivity contribution in [2.75, 3.05) is 7.11 Å². The molecule has 0 heterocycles. The maximum atomic E-state index is 7.30. The Morgan fingerprint density at radius 1 is 1.21 bits per heavy atom. The van der Waals surface area contributed by atoms with E-state index in [2.05, 4.69) is 19.1 Å². The van der Waals surface area contributed by atoms with Gasteiger partial charge in [-0.05, 0) is 42.9 Å². The molecule has 0 radical (unpaired) electrons. The van der Waals surface area contributed by atoms with Gasteiger partial charge >= 0.3 is 0 Å². The summed E-state index contributed by atoms with van der Waals surface area (Å²) in [6.45, 7) is 2.22. The molecule has 1 rings (SSSR count). The van der Waals surface area contributed by atoms with Crippen LogP contribution in [0.2, 0.25) is 0 Å². The van der Waals surface area contributed by atoms with E-state index >= 15 is 0 Å². The van der Waals surface area contributed by atoms with Gasteiger partial charge in [0.2, 0.25) is 0 Å². The number of amidine groups is 1. The molecule has 3 nitrogen and oxygen atoms in total. The predicted molar refractivity (Wildman–Crippen MR) is 81.0 cm³/mol. The lowest BCUT2D eigenvalue weighted by Gasteiger charge is -2.17. The largest absolute Gasteiger partial charge is 0.497 e. The van der Waals surface area contributed by atoms with Crippen LogP contribution in [0.1, 0.15) is 56.9 Å². The third kappa shape index (κ3) is 5.77. The molecule has 0 aliphatic rings. The van der Waals surface area contributed by atoms with Gasteiger partial charge in [-0.15, -0.1) is 0 Å². The summed E-state index contributed by atoms with van der Waals surface area (Å²) in [4.78, 5) is 0. The molecule has 3 N–H and O–H groups in total. The van der Waals surface area contributed by atoms with E-state index in [0.717, 1.165) is 18.6 Å². The Morgan fingerprint density at radius 3 is 2.37 bits per heavy atom. The summed E-state index contributed by atoms with van der Waals surface area (Å²) in [5, 5.41) is 7.30. The molecule has 0 bridgehead atoms. The van der Waals surface area contributed by atoms with Gasteiger partial charge in [-0.1, -0.05) is 31.9 Å². The Morgan fingerprint density at radius 2 is 1.84 bits per heavy atom. The first-order valence-corrected chi connectivity index (χ1v) is 7.14. The second kappa shape index (κ2) is 8.57. The maximum absolute atomic E-state index is 7.30. The number of rotatable bonds is 9. The van der Waals surface area contributed by atoms with Crippen molar-refractivity contribution in [1.82, 2.24) is 0 Å². The molecule has 0 spiro atoms. The summed E-state index contributed by atoms with van der Waals surface area (Å²) in [5.41, 5.74) is 6.80. The maximum Gasteiger partial charge on any atom is 0.118 e. The van der Waals surface area contributed by atoms with Crippen LogP contribution < -0.4 is 10.5 Å². The number of methoxy groups -OCH3 is 1. The van der Waals surface area contributed by atoms with Crippen molar-refractivity contribution in [1.29, 1.82) is 5.41 Å². The highest BCUT2D eigenvalue weighted by atomic mass is 16.5. The van der Waals surface area contributed by atoms with Crippen LogP contribution in [-0.2, 0) is 0 Å². The van der Waals surface area contributed by atoms with Gasteiger partial charge in [-0.25, -0.2) is 0 Å². The zero-order valence-corrected chi connectivity index (χ0v) is 12.1. The first-order chi connectivity index (χ1) is 9.17. The number of unbranched alkanes of at least 4 members (excludes halogenated alkanes) is 1. The molecule has 0 aromatic heterocycles. The van der Waals surface area contributed by atoms with Crippen molar-refractivity contribution in [3.63, 3.8) is 0 Å². The lowest BCUT2D eigenvalue weighted by molar-refractivity contribution is 0.414. The molecule has 0 saturated heterocycles. The van der Waals surface area contributed by atoms with Crippen molar-refractivity contribution < 1.29 is 4.74 Å². The molecule has 0 aliphatic carbocycles. The molecule has 3 heteroatoms. The fourth-order valence-electron chi connectivity index (χ4n) is 2.34. The molecular weight excluding hydrogens is 236 g/mol. The van der Waals surface area contributed by atoms with Crippen LogP contribution in [0.4, 0.5) is 0 Å². The van der Waals surface area contributed by atoms with E-state index in [1.54, 1.807) is 7.11 Å². The first-order valence-electron chi connectivity index (χ1n) is 7.14. The van der Waals surface area contributed by atoms with E-state index in [1.165, 1.54) is 24.8 Å². The number of hydrogen-bond donors (Lipinski definition) is 2. The highest BCUT2D eigenvalue weighted by Gasteiger charge is 2.11. The molecule has 0 fully saturated rings. The Labute approximate surface area is 116 Å². The van der Waals surface area contributed by atoms with Crippen molar-refractivity contribution in [2.24, 2.45) is 5.73 Å². The average Bonchev–Trinajstić information content (AvgIpc) is 2.42. The zero-order chi connectivity index (χ0) is 14.1. The summed E-state index contributed by atoms with van der Waals surface area (Å²) < 4.78 is 5.20. The number of nitrogens with one attached hydrogen (secondary N) is 1. The Hall–Kier alpha value is -1.51. The summed E-state index contributed by atoms with van der Waals surface area (Å²) in [7, 11) is 1.69. The monoisotopic (exact) mass is 262 g/mol. The Balaban J connectivity index is 2.62. The third-order valence-electron chi connectivity index (χ3n) is 3.49. The van der Waals surface area contributed by atoms with Crippen LogP contribution in [0.15, 0.2) is 24.3 Å². The van der Waals surface area contributed by atoms with E-state index in [-0.39, 0.29) is 0 Å². The minimum Gasteiger partial charge on any atom is -0.497 e. The minimum absolute atomic E-state index is 0.295. The molecule has 1 aromatic carbocycles. The fourth-order valence-corrected chi connectivity index (χ4v) is 2.34. The minimum atomic E-state index is 0.295. The molecule has 19 heavy (non-hydrogen) atoms. The van der Waals surface area contributed by atoms with Crippen LogP contribution in [0.25, 0.3) is 0 Å². The molecule has 106 valence electrons. The summed E-state index contributed by atoms with van der Waals surface area (Å²) in [6, 6.07) is 8.37. The SMILES string of the molecule is CCCCC(CCCC(=N)N)c1ccc(OC)cc1. The standard InChI is InChI=1S/C16H26N2O/c1-3-4-6-13(7-5-8-16(17)18)14-9-11-15(19-2)12-10-14/h9-13H,3-8H2,1-2H3,(H3,17,18). The number of hydrogen-bond acceptors (Lipinski definition) is 2. The quantitative estimate of drug-likeness (QED) is 0.520. The zero-order valence-electron chi connectivity index (χ0n) is 12.1. The number of ether oxygens (including phenoxy) is 1. The van der Waals surface area contributed by atoms with Crippen LogP contribution in [0, 0.1) is 5.41 Å². The first kappa shape index (κ1) is 15.5. The van der Waals surface area contributed by atoms with Crippen LogP contribution >= 0.6 is 0 Å². The average molecular weight is 262 g/mol. The van der Waals surface area contributed by atoms with E-state index in [0.29, 0.717) is 18.2 Å². The highest BCUT2D eigenvalue weighted by molar-refractivity contribution is 5.76. The topological polar surface area (TPSA) is 59.1 Å². The lowest BCUT2D eigenvalue weighted by atomic mass is 9.89. The molecule has 0 saturated carbocycles. The van der Waals surface area contributed by atoms with Crippen molar-refractivity contribution in [3.05, 3.63) is 29.8 Å². The Kier molecular flexibility index (Phi) is 7.01. The van der Waals surface area contributed by atoms with Crippen LogP contribution in [-0.4, -0.2) is 12.9 Å². The second-order valence-electron chi connectivity index (χ2n) is 5.03. The van der Waals surface area contributed by atoms with Crippen molar-refractivity contribution in [3.8, 4) is 5.75 Å². The van der Waals surface area contributed by atoms with E-state index in [4.69, 9.17) is 15.9 Å². The molecular formula is C16H26N2O. The number of nitrogens with two attached hydrogens (primary N) is 1. The van der Waals surface area contributed by atoms with E-state index in [9.17, 15) is 0 Å². The molecule has 1 aromatic rings. The van der Waals surface area contributed by atoms with Gasteiger partial charge in [0.25, 0.3) is 0 Å².